The van der Waals surface area contributed by atoms with Crippen LogP contribution >= 0.6 is 0 Å². The van der Waals surface area contributed by atoms with Crippen LogP contribution in [0, 0.1) is 0 Å². The van der Waals surface area contributed by atoms with E-state index in [-0.39, 0.29) is 0 Å². The monoisotopic (exact) mass is 242 g/mol. The highest BCUT2D eigenvalue weighted by Crippen LogP contribution is 2.26. The lowest BCUT2D eigenvalue weighted by molar-refractivity contribution is 0.199. The summed E-state index contributed by atoms with van der Waals surface area (Å²) in [6.45, 7) is 3.86. The molecule has 0 aromatic heterocycles. The number of rotatable bonds is 4. The fourth-order valence-electron chi connectivity index (χ4n) is 1.84. The van der Waals surface area contributed by atoms with Gasteiger partial charge >= 0.3 is 0 Å². The second-order valence-corrected chi connectivity index (χ2v) is 4.31. The van der Waals surface area contributed by atoms with Crippen molar-refractivity contribution in [3.8, 4) is 11.5 Å². The van der Waals surface area contributed by atoms with E-state index in [1.54, 1.807) is 6.92 Å². The lowest BCUT2D eigenvalue weighted by Crippen LogP contribution is -1.92. The van der Waals surface area contributed by atoms with Gasteiger partial charge in [0.15, 0.2) is 0 Å². The third kappa shape index (κ3) is 2.90. The van der Waals surface area contributed by atoms with Crippen molar-refractivity contribution in [1.29, 1.82) is 0 Å². The molecule has 0 aliphatic heterocycles. The van der Waals surface area contributed by atoms with Gasteiger partial charge in [0.1, 0.15) is 11.5 Å². The number of benzene rings is 2. The Morgan fingerprint density at radius 3 is 2.33 bits per heavy atom. The molecule has 2 rings (SSSR count). The molecule has 0 saturated carbocycles. The number of hydrogen-bond donors (Lipinski definition) is 1. The second kappa shape index (κ2) is 5.69. The van der Waals surface area contributed by atoms with Crippen LogP contribution in [0.5, 0.6) is 11.5 Å². The zero-order valence-corrected chi connectivity index (χ0v) is 10.8. The third-order valence-corrected chi connectivity index (χ3v) is 2.94. The molecule has 0 heterocycles. The lowest BCUT2D eigenvalue weighted by Gasteiger charge is -2.11. The third-order valence-electron chi connectivity index (χ3n) is 2.94. The molecule has 1 atom stereocenters. The first-order valence-electron chi connectivity index (χ1n) is 6.24. The SMILES string of the molecule is CCc1ccccc1Oc1ccc([C@H](C)O)cc1. The van der Waals surface area contributed by atoms with Crippen LogP contribution in [0.4, 0.5) is 0 Å². The first kappa shape index (κ1) is 12.7. The largest absolute Gasteiger partial charge is 0.457 e. The molecular weight excluding hydrogens is 224 g/mol. The van der Waals surface area contributed by atoms with Crippen molar-refractivity contribution in [2.45, 2.75) is 26.4 Å². The van der Waals surface area contributed by atoms with Gasteiger partial charge in [-0.1, -0.05) is 37.3 Å². The normalized spacial score (nSPS) is 12.2. The van der Waals surface area contributed by atoms with Gasteiger partial charge in [-0.3, -0.25) is 0 Å². The molecular formula is C16H18O2. The number of aliphatic hydroxyl groups is 1. The molecule has 2 nitrogen and oxygen atoms in total. The van der Waals surface area contributed by atoms with Gasteiger partial charge in [-0.05, 0) is 42.7 Å². The molecule has 94 valence electrons. The van der Waals surface area contributed by atoms with Gasteiger partial charge in [0.25, 0.3) is 0 Å². The molecule has 0 radical (unpaired) electrons. The topological polar surface area (TPSA) is 29.5 Å². The van der Waals surface area contributed by atoms with Crippen LogP contribution in [0.3, 0.4) is 0 Å². The summed E-state index contributed by atoms with van der Waals surface area (Å²) in [7, 11) is 0. The Kier molecular flexibility index (Phi) is 4.00. The van der Waals surface area contributed by atoms with E-state index < -0.39 is 6.10 Å². The predicted octanol–water partition coefficient (Wildman–Crippen LogP) is 4.09. The van der Waals surface area contributed by atoms with E-state index in [1.807, 2.05) is 42.5 Å². The number of aliphatic hydroxyl groups excluding tert-OH is 1. The van der Waals surface area contributed by atoms with Gasteiger partial charge in [-0.15, -0.1) is 0 Å². The van der Waals surface area contributed by atoms with Crippen molar-refractivity contribution in [3.63, 3.8) is 0 Å². The molecule has 2 heteroatoms. The van der Waals surface area contributed by atoms with Crippen LogP contribution in [-0.2, 0) is 6.42 Å². The minimum Gasteiger partial charge on any atom is -0.457 e. The number of ether oxygens (including phenoxy) is 1. The van der Waals surface area contributed by atoms with Gasteiger partial charge in [0, 0.05) is 0 Å². The summed E-state index contributed by atoms with van der Waals surface area (Å²) in [4.78, 5) is 0. The van der Waals surface area contributed by atoms with Crippen LogP contribution < -0.4 is 4.74 Å². The summed E-state index contributed by atoms with van der Waals surface area (Å²) in [5, 5.41) is 9.45. The Balaban J connectivity index is 2.18. The Bertz CT molecular complexity index is 501. The molecule has 0 fully saturated rings. The number of para-hydroxylation sites is 1. The summed E-state index contributed by atoms with van der Waals surface area (Å²) in [5.41, 5.74) is 2.09. The standard InChI is InChI=1S/C16H18O2/c1-3-13-6-4-5-7-16(13)18-15-10-8-14(9-11-15)12(2)17/h4-12,17H,3H2,1-2H3/t12-/m0/s1. The molecule has 2 aromatic rings. The minimum absolute atomic E-state index is 0.443. The average molecular weight is 242 g/mol. The van der Waals surface area contributed by atoms with E-state index in [2.05, 4.69) is 13.0 Å². The van der Waals surface area contributed by atoms with Crippen LogP contribution in [0.25, 0.3) is 0 Å². The quantitative estimate of drug-likeness (QED) is 0.874. The fourth-order valence-corrected chi connectivity index (χ4v) is 1.84. The summed E-state index contributed by atoms with van der Waals surface area (Å²) >= 11 is 0. The molecule has 0 aliphatic carbocycles. The highest BCUT2D eigenvalue weighted by molar-refractivity contribution is 5.38. The number of aryl methyl sites for hydroxylation is 1. The van der Waals surface area contributed by atoms with Crippen LogP contribution in [0.15, 0.2) is 48.5 Å². The first-order chi connectivity index (χ1) is 8.70. The maximum atomic E-state index is 9.45. The van der Waals surface area contributed by atoms with Gasteiger partial charge in [-0.2, -0.15) is 0 Å². The number of hydrogen-bond acceptors (Lipinski definition) is 2. The highest BCUT2D eigenvalue weighted by atomic mass is 16.5. The van der Waals surface area contributed by atoms with Crippen molar-refractivity contribution >= 4 is 0 Å². The molecule has 0 amide bonds. The van der Waals surface area contributed by atoms with E-state index in [1.165, 1.54) is 5.56 Å². The first-order valence-corrected chi connectivity index (χ1v) is 6.24. The molecule has 2 aromatic carbocycles. The molecule has 1 N–H and O–H groups in total. The lowest BCUT2D eigenvalue weighted by atomic mass is 10.1. The maximum absolute atomic E-state index is 9.45. The highest BCUT2D eigenvalue weighted by Gasteiger charge is 2.04. The van der Waals surface area contributed by atoms with Crippen molar-refractivity contribution in [2.24, 2.45) is 0 Å². The van der Waals surface area contributed by atoms with Crippen LogP contribution in [0.1, 0.15) is 31.1 Å². The Hall–Kier alpha value is -1.80. The van der Waals surface area contributed by atoms with E-state index >= 15 is 0 Å². The van der Waals surface area contributed by atoms with E-state index in [9.17, 15) is 5.11 Å². The van der Waals surface area contributed by atoms with Gasteiger partial charge in [-0.25, -0.2) is 0 Å². The Labute approximate surface area is 108 Å². The van der Waals surface area contributed by atoms with E-state index in [0.717, 1.165) is 23.5 Å². The molecule has 0 bridgehead atoms. The van der Waals surface area contributed by atoms with E-state index in [4.69, 9.17) is 4.74 Å². The average Bonchev–Trinajstić information content (AvgIpc) is 2.40. The molecule has 0 spiro atoms. The fraction of sp³-hybridized carbons (Fsp3) is 0.250. The Morgan fingerprint density at radius 2 is 1.72 bits per heavy atom. The van der Waals surface area contributed by atoms with Crippen LogP contribution in [-0.4, -0.2) is 5.11 Å². The van der Waals surface area contributed by atoms with Crippen molar-refractivity contribution in [3.05, 3.63) is 59.7 Å². The molecule has 0 saturated heterocycles. The summed E-state index contributed by atoms with van der Waals surface area (Å²) in [5.74, 6) is 1.69. The summed E-state index contributed by atoms with van der Waals surface area (Å²) < 4.78 is 5.85. The van der Waals surface area contributed by atoms with Crippen molar-refractivity contribution in [1.82, 2.24) is 0 Å². The molecule has 0 aliphatic rings. The molecule has 0 unspecified atom stereocenters. The molecule has 18 heavy (non-hydrogen) atoms. The zero-order chi connectivity index (χ0) is 13.0. The van der Waals surface area contributed by atoms with Crippen molar-refractivity contribution in [2.75, 3.05) is 0 Å². The van der Waals surface area contributed by atoms with Crippen LogP contribution in [0.2, 0.25) is 0 Å². The van der Waals surface area contributed by atoms with Gasteiger partial charge < -0.3 is 9.84 Å². The smallest absolute Gasteiger partial charge is 0.130 e. The van der Waals surface area contributed by atoms with Crippen molar-refractivity contribution < 1.29 is 9.84 Å². The second-order valence-electron chi connectivity index (χ2n) is 4.31. The summed E-state index contributed by atoms with van der Waals surface area (Å²) in [6, 6.07) is 15.6. The minimum atomic E-state index is -0.443. The van der Waals surface area contributed by atoms with Gasteiger partial charge in [0.05, 0.1) is 6.10 Å². The van der Waals surface area contributed by atoms with Gasteiger partial charge in [0.2, 0.25) is 0 Å². The van der Waals surface area contributed by atoms with E-state index in [0.29, 0.717) is 0 Å². The maximum Gasteiger partial charge on any atom is 0.130 e. The Morgan fingerprint density at radius 1 is 1.06 bits per heavy atom. The predicted molar refractivity (Wildman–Crippen MR) is 73.0 cm³/mol. The summed E-state index contributed by atoms with van der Waals surface area (Å²) in [6.07, 6.45) is 0.504. The zero-order valence-electron chi connectivity index (χ0n) is 10.8.